The lowest BCUT2D eigenvalue weighted by Crippen LogP contribution is -2.41. The molecule has 108 valence electrons. The van der Waals surface area contributed by atoms with Crippen LogP contribution in [0, 0.1) is 23.2 Å². The maximum absolute atomic E-state index is 9.29. The average Bonchev–Trinajstić information content (AvgIpc) is 2.70. The standard InChI is InChI=1S/C16H29N3/c1-2-19-10-8-14(9-11-19)13-18-16-7-5-3-4-6-15(16)12-17/h14-16,18H,2-11,13H2,1H3. The minimum atomic E-state index is 0.248. The Morgan fingerprint density at radius 3 is 2.53 bits per heavy atom. The van der Waals surface area contributed by atoms with Crippen LogP contribution in [0.15, 0.2) is 0 Å². The minimum absolute atomic E-state index is 0.248. The van der Waals surface area contributed by atoms with Crippen LogP contribution in [-0.4, -0.2) is 37.1 Å². The summed E-state index contributed by atoms with van der Waals surface area (Å²) in [6.45, 7) is 7.09. The quantitative estimate of drug-likeness (QED) is 0.793. The Bertz CT molecular complexity index is 289. The van der Waals surface area contributed by atoms with Crippen LogP contribution < -0.4 is 5.32 Å². The molecule has 3 nitrogen and oxygen atoms in total. The van der Waals surface area contributed by atoms with Crippen LogP contribution in [0.5, 0.6) is 0 Å². The maximum Gasteiger partial charge on any atom is 0.0672 e. The molecule has 1 saturated carbocycles. The van der Waals surface area contributed by atoms with Crippen molar-refractivity contribution in [2.24, 2.45) is 11.8 Å². The van der Waals surface area contributed by atoms with Gasteiger partial charge in [0.2, 0.25) is 0 Å². The van der Waals surface area contributed by atoms with E-state index in [1.165, 1.54) is 58.2 Å². The molecule has 3 heteroatoms. The van der Waals surface area contributed by atoms with Crippen molar-refractivity contribution in [2.45, 2.75) is 57.9 Å². The number of nitrogens with zero attached hydrogens (tertiary/aromatic N) is 2. The Kier molecular flexibility index (Phi) is 6.13. The second-order valence-corrected chi connectivity index (χ2v) is 6.27. The van der Waals surface area contributed by atoms with E-state index >= 15 is 0 Å². The molecule has 2 unspecified atom stereocenters. The number of hydrogen-bond donors (Lipinski definition) is 1. The van der Waals surface area contributed by atoms with Gasteiger partial charge in [-0.25, -0.2) is 0 Å². The highest BCUT2D eigenvalue weighted by Gasteiger charge is 2.25. The Hall–Kier alpha value is -0.590. The third-order valence-corrected chi connectivity index (χ3v) is 5.00. The fourth-order valence-corrected chi connectivity index (χ4v) is 3.53. The van der Waals surface area contributed by atoms with Gasteiger partial charge < -0.3 is 10.2 Å². The lowest BCUT2D eigenvalue weighted by molar-refractivity contribution is 0.185. The van der Waals surface area contributed by atoms with Gasteiger partial charge in [0.1, 0.15) is 0 Å². The normalized spacial score (nSPS) is 30.7. The third-order valence-electron chi connectivity index (χ3n) is 5.00. The lowest BCUT2D eigenvalue weighted by atomic mass is 9.93. The molecule has 2 rings (SSSR count). The second kappa shape index (κ2) is 7.87. The number of piperidine rings is 1. The summed E-state index contributed by atoms with van der Waals surface area (Å²) >= 11 is 0. The Labute approximate surface area is 118 Å². The van der Waals surface area contributed by atoms with Gasteiger partial charge in [-0.3, -0.25) is 0 Å². The van der Waals surface area contributed by atoms with Crippen molar-refractivity contribution in [1.29, 1.82) is 5.26 Å². The SMILES string of the molecule is CCN1CCC(CNC2CCCCCC2C#N)CC1. The molecule has 0 aromatic heterocycles. The first-order valence-corrected chi connectivity index (χ1v) is 8.18. The van der Waals surface area contributed by atoms with E-state index in [2.05, 4.69) is 23.2 Å². The van der Waals surface area contributed by atoms with E-state index in [1.54, 1.807) is 0 Å². The molecule has 2 atom stereocenters. The van der Waals surface area contributed by atoms with E-state index in [4.69, 9.17) is 0 Å². The molecule has 1 aliphatic carbocycles. The highest BCUT2D eigenvalue weighted by molar-refractivity contribution is 4.93. The molecule has 0 radical (unpaired) electrons. The fraction of sp³-hybridized carbons (Fsp3) is 0.938. The zero-order chi connectivity index (χ0) is 13.5. The van der Waals surface area contributed by atoms with Crippen molar-refractivity contribution in [3.05, 3.63) is 0 Å². The minimum Gasteiger partial charge on any atom is -0.312 e. The molecule has 0 aromatic rings. The smallest absolute Gasteiger partial charge is 0.0672 e. The van der Waals surface area contributed by atoms with Gasteiger partial charge >= 0.3 is 0 Å². The summed E-state index contributed by atoms with van der Waals surface area (Å²) in [7, 11) is 0. The number of rotatable bonds is 4. The highest BCUT2D eigenvalue weighted by Crippen LogP contribution is 2.24. The molecule has 0 spiro atoms. The monoisotopic (exact) mass is 263 g/mol. The summed E-state index contributed by atoms with van der Waals surface area (Å²) in [5.41, 5.74) is 0. The predicted molar refractivity (Wildman–Crippen MR) is 78.8 cm³/mol. The number of likely N-dealkylation sites (tertiary alicyclic amines) is 1. The van der Waals surface area contributed by atoms with Gasteiger partial charge in [0.05, 0.1) is 12.0 Å². The Morgan fingerprint density at radius 2 is 1.84 bits per heavy atom. The van der Waals surface area contributed by atoms with Gasteiger partial charge in [0.25, 0.3) is 0 Å². The topological polar surface area (TPSA) is 39.1 Å². The zero-order valence-corrected chi connectivity index (χ0v) is 12.4. The molecular formula is C16H29N3. The number of nitrogens with one attached hydrogen (secondary N) is 1. The fourth-order valence-electron chi connectivity index (χ4n) is 3.53. The molecule has 2 fully saturated rings. The highest BCUT2D eigenvalue weighted by atomic mass is 15.1. The van der Waals surface area contributed by atoms with E-state index in [0.717, 1.165) is 18.9 Å². The van der Waals surface area contributed by atoms with Gasteiger partial charge in [-0.15, -0.1) is 0 Å². The molecule has 2 aliphatic rings. The molecule has 1 heterocycles. The van der Waals surface area contributed by atoms with E-state index in [9.17, 15) is 5.26 Å². The van der Waals surface area contributed by atoms with Crippen LogP contribution >= 0.6 is 0 Å². The van der Waals surface area contributed by atoms with E-state index in [1.807, 2.05) is 0 Å². The van der Waals surface area contributed by atoms with Crippen LogP contribution in [0.2, 0.25) is 0 Å². The summed E-state index contributed by atoms with van der Waals surface area (Å²) < 4.78 is 0. The van der Waals surface area contributed by atoms with Crippen LogP contribution in [0.3, 0.4) is 0 Å². The average molecular weight is 263 g/mol. The first kappa shape index (κ1) is 14.8. The summed E-state index contributed by atoms with van der Waals surface area (Å²) in [5.74, 6) is 1.07. The lowest BCUT2D eigenvalue weighted by Gasteiger charge is -2.32. The van der Waals surface area contributed by atoms with Crippen LogP contribution in [0.25, 0.3) is 0 Å². The van der Waals surface area contributed by atoms with Crippen molar-refractivity contribution in [1.82, 2.24) is 10.2 Å². The van der Waals surface area contributed by atoms with E-state index in [-0.39, 0.29) is 5.92 Å². The van der Waals surface area contributed by atoms with Crippen molar-refractivity contribution in [3.63, 3.8) is 0 Å². The Balaban J connectivity index is 1.73. The number of hydrogen-bond acceptors (Lipinski definition) is 3. The first-order valence-electron chi connectivity index (χ1n) is 8.18. The molecular weight excluding hydrogens is 234 g/mol. The molecule has 19 heavy (non-hydrogen) atoms. The van der Waals surface area contributed by atoms with E-state index < -0.39 is 0 Å². The van der Waals surface area contributed by atoms with E-state index in [0.29, 0.717) is 6.04 Å². The Morgan fingerprint density at radius 1 is 1.11 bits per heavy atom. The molecule has 0 bridgehead atoms. The summed E-state index contributed by atoms with van der Waals surface area (Å²) in [6, 6.07) is 2.98. The zero-order valence-electron chi connectivity index (χ0n) is 12.4. The summed E-state index contributed by atoms with van der Waals surface area (Å²) in [6.07, 6.45) is 8.80. The number of nitriles is 1. The van der Waals surface area contributed by atoms with Gasteiger partial charge in [-0.05, 0) is 57.8 Å². The van der Waals surface area contributed by atoms with Crippen LogP contribution in [0.4, 0.5) is 0 Å². The second-order valence-electron chi connectivity index (χ2n) is 6.27. The third kappa shape index (κ3) is 4.47. The van der Waals surface area contributed by atoms with Gasteiger partial charge in [-0.2, -0.15) is 5.26 Å². The van der Waals surface area contributed by atoms with Crippen molar-refractivity contribution in [3.8, 4) is 6.07 Å². The van der Waals surface area contributed by atoms with Crippen LogP contribution in [-0.2, 0) is 0 Å². The van der Waals surface area contributed by atoms with Gasteiger partial charge in [0.15, 0.2) is 0 Å². The van der Waals surface area contributed by atoms with Crippen molar-refractivity contribution in [2.75, 3.05) is 26.2 Å². The van der Waals surface area contributed by atoms with Crippen molar-refractivity contribution >= 4 is 0 Å². The molecule has 1 aliphatic heterocycles. The maximum atomic E-state index is 9.29. The first-order chi connectivity index (χ1) is 9.33. The molecule has 0 aromatic carbocycles. The molecule has 0 amide bonds. The molecule has 1 saturated heterocycles. The van der Waals surface area contributed by atoms with Gasteiger partial charge in [-0.1, -0.05) is 26.2 Å². The van der Waals surface area contributed by atoms with Crippen LogP contribution in [0.1, 0.15) is 51.9 Å². The summed E-state index contributed by atoms with van der Waals surface area (Å²) in [4.78, 5) is 2.54. The largest absolute Gasteiger partial charge is 0.312 e. The predicted octanol–water partition coefficient (Wildman–Crippen LogP) is 2.78. The summed E-state index contributed by atoms with van der Waals surface area (Å²) in [5, 5.41) is 13.0. The molecule has 1 N–H and O–H groups in total. The van der Waals surface area contributed by atoms with Crippen molar-refractivity contribution < 1.29 is 0 Å². The van der Waals surface area contributed by atoms with Gasteiger partial charge in [0, 0.05) is 6.04 Å².